The number of benzene rings is 2. The predicted octanol–water partition coefficient (Wildman–Crippen LogP) is 5.08. The lowest BCUT2D eigenvalue weighted by Gasteiger charge is -2.11. The van der Waals surface area contributed by atoms with Crippen LogP contribution >= 0.6 is 11.6 Å². The second-order valence-corrected chi connectivity index (χ2v) is 7.71. The fourth-order valence-electron chi connectivity index (χ4n) is 2.71. The minimum Gasteiger partial charge on any atom is -0.324 e. The van der Waals surface area contributed by atoms with Crippen molar-refractivity contribution in [1.29, 1.82) is 5.26 Å². The molecule has 1 aromatic heterocycles. The SMILES string of the molecule is [C-]#[N+]c1ccc(Nc2nc(Cl)cc(S(=O)c3c(C)cc(C#N)cc3C)n2)cc1. The van der Waals surface area contributed by atoms with Gasteiger partial charge in [-0.05, 0) is 49.2 Å². The molecule has 1 atom stereocenters. The first-order valence-electron chi connectivity index (χ1n) is 8.13. The van der Waals surface area contributed by atoms with Crippen LogP contribution in [0.3, 0.4) is 0 Å². The highest BCUT2D eigenvalue weighted by molar-refractivity contribution is 7.85. The van der Waals surface area contributed by atoms with Crippen molar-refractivity contribution in [2.75, 3.05) is 5.32 Å². The molecule has 8 heteroatoms. The van der Waals surface area contributed by atoms with E-state index in [-0.39, 0.29) is 16.1 Å². The molecule has 0 spiro atoms. The van der Waals surface area contributed by atoms with Gasteiger partial charge < -0.3 is 5.32 Å². The average Bonchev–Trinajstić information content (AvgIpc) is 2.67. The first-order chi connectivity index (χ1) is 13.4. The molecule has 0 fully saturated rings. The topological polar surface area (TPSA) is 83.0 Å². The number of rotatable bonds is 4. The molecule has 0 amide bonds. The number of aromatic nitrogens is 2. The van der Waals surface area contributed by atoms with Gasteiger partial charge in [0.15, 0.2) is 5.69 Å². The van der Waals surface area contributed by atoms with Crippen molar-refractivity contribution in [3.63, 3.8) is 0 Å². The van der Waals surface area contributed by atoms with Crippen molar-refractivity contribution in [3.05, 3.63) is 75.7 Å². The van der Waals surface area contributed by atoms with E-state index in [0.29, 0.717) is 21.8 Å². The van der Waals surface area contributed by atoms with Crippen LogP contribution < -0.4 is 5.32 Å². The molecule has 0 aliphatic rings. The van der Waals surface area contributed by atoms with Crippen LogP contribution in [0.25, 0.3) is 4.85 Å². The zero-order valence-electron chi connectivity index (χ0n) is 15.0. The summed E-state index contributed by atoms with van der Waals surface area (Å²) in [5.74, 6) is 0.204. The van der Waals surface area contributed by atoms with Gasteiger partial charge in [-0.25, -0.2) is 19.0 Å². The number of nitriles is 1. The fourth-order valence-corrected chi connectivity index (χ4v) is 4.26. The second kappa shape index (κ2) is 8.18. The number of nitrogens with one attached hydrogen (secondary N) is 1. The first-order valence-corrected chi connectivity index (χ1v) is 9.66. The largest absolute Gasteiger partial charge is 0.324 e. The van der Waals surface area contributed by atoms with Gasteiger partial charge in [-0.3, -0.25) is 0 Å². The standard InChI is InChI=1S/C20H14ClN5OS/c1-12-8-14(11-22)9-13(2)19(12)28(27)18-10-17(21)25-20(26-18)24-16-6-4-15(23-3)5-7-16/h4-10H,1-2H3,(H,24,25,26). The Labute approximate surface area is 170 Å². The van der Waals surface area contributed by atoms with Gasteiger partial charge in [-0.1, -0.05) is 23.7 Å². The van der Waals surface area contributed by atoms with Gasteiger partial charge in [0.2, 0.25) is 5.95 Å². The maximum absolute atomic E-state index is 13.1. The summed E-state index contributed by atoms with van der Waals surface area (Å²) in [4.78, 5) is 12.4. The molecule has 0 aliphatic heterocycles. The zero-order chi connectivity index (χ0) is 20.3. The molecule has 0 bridgehead atoms. The molecule has 138 valence electrons. The molecule has 1 heterocycles. The molecule has 3 rings (SSSR count). The summed E-state index contributed by atoms with van der Waals surface area (Å²) in [5.41, 5.74) is 3.20. The van der Waals surface area contributed by atoms with Crippen LogP contribution in [0, 0.1) is 31.8 Å². The van der Waals surface area contributed by atoms with Crippen molar-refractivity contribution >= 4 is 39.7 Å². The van der Waals surface area contributed by atoms with Crippen molar-refractivity contribution in [2.45, 2.75) is 23.8 Å². The maximum atomic E-state index is 13.1. The fraction of sp³-hybridized carbons (Fsp3) is 0.100. The third-order valence-electron chi connectivity index (χ3n) is 3.89. The average molecular weight is 408 g/mol. The van der Waals surface area contributed by atoms with E-state index in [4.69, 9.17) is 23.4 Å². The number of hydrogen-bond acceptors (Lipinski definition) is 5. The Hall–Kier alpha value is -3.26. The lowest BCUT2D eigenvalue weighted by atomic mass is 10.1. The van der Waals surface area contributed by atoms with Gasteiger partial charge in [-0.15, -0.1) is 0 Å². The van der Waals surface area contributed by atoms with Gasteiger partial charge >= 0.3 is 0 Å². The van der Waals surface area contributed by atoms with Gasteiger partial charge in [0.1, 0.15) is 21.0 Å². The lowest BCUT2D eigenvalue weighted by molar-refractivity contribution is 0.679. The third kappa shape index (κ3) is 4.17. The van der Waals surface area contributed by atoms with E-state index in [1.807, 2.05) is 13.8 Å². The van der Waals surface area contributed by atoms with Crippen molar-refractivity contribution in [2.24, 2.45) is 0 Å². The monoisotopic (exact) mass is 407 g/mol. The van der Waals surface area contributed by atoms with Crippen molar-refractivity contribution < 1.29 is 4.21 Å². The number of anilines is 2. The van der Waals surface area contributed by atoms with Gasteiger partial charge in [0.05, 0.1) is 23.1 Å². The normalized spacial score (nSPS) is 11.3. The Morgan fingerprint density at radius 3 is 2.36 bits per heavy atom. The molecule has 0 radical (unpaired) electrons. The van der Waals surface area contributed by atoms with Crippen molar-refractivity contribution in [1.82, 2.24) is 9.97 Å². The first kappa shape index (κ1) is 19.5. The minimum absolute atomic E-state index is 0.155. The summed E-state index contributed by atoms with van der Waals surface area (Å²) < 4.78 is 13.1. The van der Waals surface area contributed by atoms with Gasteiger partial charge in [0, 0.05) is 11.8 Å². The van der Waals surface area contributed by atoms with E-state index in [1.54, 1.807) is 36.4 Å². The van der Waals surface area contributed by atoms with Crippen LogP contribution in [0.15, 0.2) is 52.4 Å². The number of hydrogen-bond donors (Lipinski definition) is 1. The molecule has 3 aromatic rings. The highest BCUT2D eigenvalue weighted by Crippen LogP contribution is 2.26. The number of nitrogens with zero attached hydrogens (tertiary/aromatic N) is 4. The van der Waals surface area contributed by atoms with Gasteiger partial charge in [-0.2, -0.15) is 5.26 Å². The van der Waals surface area contributed by atoms with Crippen molar-refractivity contribution in [3.8, 4) is 6.07 Å². The van der Waals surface area contributed by atoms with Crippen LogP contribution in [-0.2, 0) is 10.8 Å². The molecule has 0 aliphatic carbocycles. The molecule has 0 saturated carbocycles. The van der Waals surface area contributed by atoms with E-state index >= 15 is 0 Å². The molecule has 1 unspecified atom stereocenters. The van der Waals surface area contributed by atoms with Crippen LogP contribution in [0.1, 0.15) is 16.7 Å². The summed E-state index contributed by atoms with van der Waals surface area (Å²) >= 11 is 6.11. The van der Waals surface area contributed by atoms with E-state index in [2.05, 4.69) is 26.2 Å². The smallest absolute Gasteiger partial charge is 0.229 e. The van der Waals surface area contributed by atoms with E-state index in [1.165, 1.54) is 6.07 Å². The summed E-state index contributed by atoms with van der Waals surface area (Å²) in [7, 11) is -1.59. The molecule has 2 aromatic carbocycles. The Bertz CT molecular complexity index is 1140. The highest BCUT2D eigenvalue weighted by Gasteiger charge is 2.17. The zero-order valence-corrected chi connectivity index (χ0v) is 16.6. The molecule has 6 nitrogen and oxygen atoms in total. The van der Waals surface area contributed by atoms with E-state index in [0.717, 1.165) is 11.1 Å². The molecule has 28 heavy (non-hydrogen) atoms. The third-order valence-corrected chi connectivity index (χ3v) is 5.69. The Balaban J connectivity index is 1.96. The van der Waals surface area contributed by atoms with E-state index in [9.17, 15) is 4.21 Å². The summed E-state index contributed by atoms with van der Waals surface area (Å²) in [6.07, 6.45) is 0. The second-order valence-electron chi connectivity index (χ2n) is 5.96. The number of halogens is 1. The van der Waals surface area contributed by atoms with Crippen LogP contribution in [0.2, 0.25) is 5.15 Å². The summed E-state index contributed by atoms with van der Waals surface area (Å²) in [6, 6.07) is 13.7. The Morgan fingerprint density at radius 1 is 1.14 bits per heavy atom. The molecule has 0 saturated heterocycles. The maximum Gasteiger partial charge on any atom is 0.229 e. The minimum atomic E-state index is -1.59. The summed E-state index contributed by atoms with van der Waals surface area (Å²) in [5, 5.41) is 12.5. The molecule has 1 N–H and O–H groups in total. The highest BCUT2D eigenvalue weighted by atomic mass is 35.5. The van der Waals surface area contributed by atoms with Gasteiger partial charge in [0.25, 0.3) is 0 Å². The summed E-state index contributed by atoms with van der Waals surface area (Å²) in [6.45, 7) is 10.6. The van der Waals surface area contributed by atoms with Crippen LogP contribution in [0.4, 0.5) is 17.3 Å². The van der Waals surface area contributed by atoms with E-state index < -0.39 is 10.8 Å². The molecular formula is C20H14ClN5OS. The molecular weight excluding hydrogens is 394 g/mol. The quantitative estimate of drug-likeness (QED) is 0.481. The van der Waals surface area contributed by atoms with Crippen LogP contribution in [-0.4, -0.2) is 14.2 Å². The predicted molar refractivity (Wildman–Crippen MR) is 108 cm³/mol. The Morgan fingerprint density at radius 2 is 1.79 bits per heavy atom. The lowest BCUT2D eigenvalue weighted by Crippen LogP contribution is -2.05. The Kier molecular flexibility index (Phi) is 5.70. The number of aryl methyl sites for hydroxylation is 2. The van der Waals surface area contributed by atoms with Crippen LogP contribution in [0.5, 0.6) is 0 Å².